The molecule has 3 aromatic rings. The topological polar surface area (TPSA) is 44.8 Å². The first kappa shape index (κ1) is 20.3. The molecule has 0 saturated carbocycles. The molecule has 0 bridgehead atoms. The molecule has 3 aromatic carbocycles. The smallest absolute Gasteiger partial charge is 0.404 e. The van der Waals surface area contributed by atoms with Crippen molar-refractivity contribution in [2.45, 2.75) is 34.0 Å². The summed E-state index contributed by atoms with van der Waals surface area (Å²) in [6.45, 7) is 6.15. The Hall–Kier alpha value is -2.39. The molecule has 0 fully saturated rings. The monoisotopic (exact) mass is 396 g/mol. The van der Waals surface area contributed by atoms with E-state index in [1.165, 1.54) is 0 Å². The van der Waals surface area contributed by atoms with Gasteiger partial charge in [0.2, 0.25) is 0 Å². The van der Waals surface area contributed by atoms with Gasteiger partial charge in [-0.2, -0.15) is 0 Å². The summed E-state index contributed by atoms with van der Waals surface area (Å²) in [5, 5.41) is 0. The fourth-order valence-corrected chi connectivity index (χ4v) is 3.93. The van der Waals surface area contributed by atoms with E-state index >= 15 is 0 Å². The van der Waals surface area contributed by atoms with Gasteiger partial charge in [0.05, 0.1) is 13.2 Å². The highest BCUT2D eigenvalue weighted by Crippen LogP contribution is 2.51. The summed E-state index contributed by atoms with van der Waals surface area (Å²) in [5.41, 5.74) is 4.86. The van der Waals surface area contributed by atoms with E-state index in [0.29, 0.717) is 5.75 Å². The SMILES string of the molecule is Cc1ccccc1COP(=O)(OCc1ccccc1C)Oc1ccccc1C. The number of aryl methyl sites for hydroxylation is 3. The molecule has 0 aliphatic heterocycles. The lowest BCUT2D eigenvalue weighted by Gasteiger charge is -2.20. The molecule has 0 unspecified atom stereocenters. The number of phosphoric ester groups is 1. The quantitative estimate of drug-likeness (QED) is 0.406. The van der Waals surface area contributed by atoms with Crippen molar-refractivity contribution in [1.82, 2.24) is 0 Å². The van der Waals surface area contributed by atoms with Crippen LogP contribution in [0.3, 0.4) is 0 Å². The van der Waals surface area contributed by atoms with Crippen molar-refractivity contribution in [1.29, 1.82) is 0 Å². The molecule has 0 spiro atoms. The van der Waals surface area contributed by atoms with E-state index in [-0.39, 0.29) is 13.2 Å². The standard InChI is InChI=1S/C23H25O4P/c1-18-10-4-7-13-21(18)16-25-28(24,27-23-15-9-6-12-20(23)3)26-17-22-14-8-5-11-19(22)2/h4-15H,16-17H2,1-3H3. The number of rotatable bonds is 8. The van der Waals surface area contributed by atoms with Crippen LogP contribution in [-0.2, 0) is 26.8 Å². The zero-order valence-corrected chi connectivity index (χ0v) is 17.3. The Morgan fingerprint density at radius 2 is 1.07 bits per heavy atom. The third-order valence-electron chi connectivity index (χ3n) is 4.58. The van der Waals surface area contributed by atoms with Gasteiger partial charge < -0.3 is 4.52 Å². The fraction of sp³-hybridized carbons (Fsp3) is 0.217. The van der Waals surface area contributed by atoms with Crippen LogP contribution >= 0.6 is 7.82 Å². The average molecular weight is 396 g/mol. The van der Waals surface area contributed by atoms with Crippen molar-refractivity contribution in [3.8, 4) is 5.75 Å². The van der Waals surface area contributed by atoms with Gasteiger partial charge in [-0.1, -0.05) is 66.7 Å². The van der Waals surface area contributed by atoms with Crippen molar-refractivity contribution >= 4 is 7.82 Å². The first-order chi connectivity index (χ1) is 13.5. The molecule has 0 saturated heterocycles. The molecule has 0 atom stereocenters. The maximum absolute atomic E-state index is 13.4. The van der Waals surface area contributed by atoms with E-state index in [4.69, 9.17) is 13.6 Å². The largest absolute Gasteiger partial charge is 0.530 e. The molecule has 3 rings (SSSR count). The molecule has 4 nitrogen and oxygen atoms in total. The van der Waals surface area contributed by atoms with Crippen molar-refractivity contribution < 1.29 is 18.1 Å². The Morgan fingerprint density at radius 3 is 1.54 bits per heavy atom. The van der Waals surface area contributed by atoms with E-state index in [1.807, 2.05) is 87.5 Å². The van der Waals surface area contributed by atoms with Crippen LogP contribution in [0.25, 0.3) is 0 Å². The first-order valence-electron chi connectivity index (χ1n) is 9.20. The molecular weight excluding hydrogens is 371 g/mol. The molecule has 0 heterocycles. The Kier molecular flexibility index (Phi) is 6.69. The van der Waals surface area contributed by atoms with Crippen molar-refractivity contribution in [3.05, 3.63) is 101 Å². The zero-order chi connectivity index (χ0) is 20.0. The first-order valence-corrected chi connectivity index (χ1v) is 10.7. The highest BCUT2D eigenvalue weighted by atomic mass is 31.2. The third kappa shape index (κ3) is 5.32. The van der Waals surface area contributed by atoms with Crippen LogP contribution in [0.15, 0.2) is 72.8 Å². The van der Waals surface area contributed by atoms with Crippen LogP contribution in [-0.4, -0.2) is 0 Å². The molecule has 0 N–H and O–H groups in total. The lowest BCUT2D eigenvalue weighted by Crippen LogP contribution is -2.05. The molecule has 146 valence electrons. The van der Waals surface area contributed by atoms with E-state index in [9.17, 15) is 4.57 Å². The summed E-state index contributed by atoms with van der Waals surface area (Å²) in [6.07, 6.45) is 0. The molecule has 0 radical (unpaired) electrons. The predicted molar refractivity (Wildman–Crippen MR) is 111 cm³/mol. The Labute approximate surface area is 166 Å². The highest BCUT2D eigenvalue weighted by molar-refractivity contribution is 7.48. The normalized spacial score (nSPS) is 11.4. The van der Waals surface area contributed by atoms with Gasteiger partial charge in [0.1, 0.15) is 5.75 Å². The van der Waals surface area contributed by atoms with E-state index in [1.54, 1.807) is 6.07 Å². The molecule has 0 aromatic heterocycles. The lowest BCUT2D eigenvalue weighted by molar-refractivity contribution is 0.142. The number of para-hydroxylation sites is 1. The average Bonchev–Trinajstić information content (AvgIpc) is 2.69. The Bertz CT molecular complexity index is 930. The van der Waals surface area contributed by atoms with Gasteiger partial charge in [-0.25, -0.2) is 4.57 Å². The second kappa shape index (κ2) is 9.20. The van der Waals surface area contributed by atoms with Gasteiger partial charge in [-0.3, -0.25) is 9.05 Å². The number of phosphoric acid groups is 1. The van der Waals surface area contributed by atoms with Crippen LogP contribution in [0, 0.1) is 20.8 Å². The highest BCUT2D eigenvalue weighted by Gasteiger charge is 2.30. The van der Waals surface area contributed by atoms with Crippen LogP contribution in [0.5, 0.6) is 5.75 Å². The summed E-state index contributed by atoms with van der Waals surface area (Å²) in [6, 6.07) is 23.0. The minimum atomic E-state index is -3.84. The molecular formula is C23H25O4P. The summed E-state index contributed by atoms with van der Waals surface area (Å²) in [7, 11) is -3.84. The number of hydrogen-bond donors (Lipinski definition) is 0. The van der Waals surface area contributed by atoms with E-state index in [0.717, 1.165) is 27.8 Å². The summed E-state index contributed by atoms with van der Waals surface area (Å²) in [5.74, 6) is 0.486. The molecule has 0 amide bonds. The van der Waals surface area contributed by atoms with Crippen LogP contribution in [0.1, 0.15) is 27.8 Å². The van der Waals surface area contributed by atoms with Gasteiger partial charge in [0.25, 0.3) is 0 Å². The lowest BCUT2D eigenvalue weighted by atomic mass is 10.1. The summed E-state index contributed by atoms with van der Waals surface area (Å²) < 4.78 is 30.7. The molecule has 28 heavy (non-hydrogen) atoms. The predicted octanol–water partition coefficient (Wildman–Crippen LogP) is 6.53. The van der Waals surface area contributed by atoms with Crippen LogP contribution in [0.2, 0.25) is 0 Å². The van der Waals surface area contributed by atoms with Crippen molar-refractivity contribution in [3.63, 3.8) is 0 Å². The van der Waals surface area contributed by atoms with Crippen molar-refractivity contribution in [2.75, 3.05) is 0 Å². The Balaban J connectivity index is 1.80. The number of benzene rings is 3. The molecule has 0 aliphatic rings. The van der Waals surface area contributed by atoms with Gasteiger partial charge >= 0.3 is 7.82 Å². The Morgan fingerprint density at radius 1 is 0.643 bits per heavy atom. The van der Waals surface area contributed by atoms with E-state index in [2.05, 4.69) is 0 Å². The second-order valence-corrected chi connectivity index (χ2v) is 8.30. The van der Waals surface area contributed by atoms with Crippen LogP contribution < -0.4 is 4.52 Å². The molecule has 0 aliphatic carbocycles. The van der Waals surface area contributed by atoms with Gasteiger partial charge in [0, 0.05) is 0 Å². The summed E-state index contributed by atoms with van der Waals surface area (Å²) >= 11 is 0. The van der Waals surface area contributed by atoms with Gasteiger partial charge in [-0.15, -0.1) is 0 Å². The minimum absolute atomic E-state index is 0.142. The van der Waals surface area contributed by atoms with Gasteiger partial charge in [-0.05, 0) is 54.7 Å². The summed E-state index contributed by atoms with van der Waals surface area (Å²) in [4.78, 5) is 0. The van der Waals surface area contributed by atoms with Gasteiger partial charge in [0.15, 0.2) is 0 Å². The third-order valence-corrected chi connectivity index (χ3v) is 5.89. The van der Waals surface area contributed by atoms with Crippen LogP contribution in [0.4, 0.5) is 0 Å². The number of hydrogen-bond acceptors (Lipinski definition) is 4. The van der Waals surface area contributed by atoms with E-state index < -0.39 is 7.82 Å². The second-order valence-electron chi connectivity index (χ2n) is 6.70. The molecule has 5 heteroatoms. The zero-order valence-electron chi connectivity index (χ0n) is 16.4. The fourth-order valence-electron chi connectivity index (χ4n) is 2.71. The maximum Gasteiger partial charge on any atom is 0.530 e. The minimum Gasteiger partial charge on any atom is -0.404 e. The maximum atomic E-state index is 13.4. The van der Waals surface area contributed by atoms with Crippen molar-refractivity contribution in [2.24, 2.45) is 0 Å².